The van der Waals surface area contributed by atoms with E-state index in [1.165, 1.54) is 6.07 Å². The molecule has 0 saturated heterocycles. The van der Waals surface area contributed by atoms with Crippen LogP contribution in [0.25, 0.3) is 0 Å². The molecule has 0 unspecified atom stereocenters. The van der Waals surface area contributed by atoms with Crippen molar-refractivity contribution >= 4 is 50.5 Å². The van der Waals surface area contributed by atoms with Crippen LogP contribution < -0.4 is 5.32 Å². The molecule has 1 N–H and O–H groups in total. The van der Waals surface area contributed by atoms with Gasteiger partial charge in [-0.05, 0) is 36.2 Å². The second kappa shape index (κ2) is 6.64. The number of nitrogens with one attached hydrogen (secondary N) is 1. The van der Waals surface area contributed by atoms with Crippen LogP contribution >= 0.6 is 39.1 Å². The molecule has 0 radical (unpaired) electrons. The Hall–Kier alpha value is -1.30. The third kappa shape index (κ3) is 3.87. The summed E-state index contributed by atoms with van der Waals surface area (Å²) in [6, 6.07) is 8.55. The fourth-order valence-electron chi connectivity index (χ4n) is 1.85. The number of nitro benzene ring substituents is 1. The van der Waals surface area contributed by atoms with Gasteiger partial charge >= 0.3 is 0 Å². The quantitative estimate of drug-likeness (QED) is 0.548. The Morgan fingerprint density at radius 3 is 2.62 bits per heavy atom. The van der Waals surface area contributed by atoms with Crippen molar-refractivity contribution in [3.05, 3.63) is 66.1 Å². The Kier molecular flexibility index (Phi) is 5.08. The van der Waals surface area contributed by atoms with Crippen LogP contribution in [0.3, 0.4) is 0 Å². The first kappa shape index (κ1) is 16.1. The van der Waals surface area contributed by atoms with E-state index >= 15 is 0 Å². The number of rotatable bonds is 4. The highest BCUT2D eigenvalue weighted by Crippen LogP contribution is 2.31. The van der Waals surface area contributed by atoms with Gasteiger partial charge in [0.1, 0.15) is 5.02 Å². The van der Waals surface area contributed by atoms with Crippen LogP contribution in [0.1, 0.15) is 11.1 Å². The average Bonchev–Trinajstić information content (AvgIpc) is 2.40. The first-order valence-corrected chi connectivity index (χ1v) is 7.55. The normalized spacial score (nSPS) is 10.5. The van der Waals surface area contributed by atoms with Crippen LogP contribution in [-0.2, 0) is 6.54 Å². The molecule has 0 fully saturated rings. The van der Waals surface area contributed by atoms with Crippen molar-refractivity contribution in [3.63, 3.8) is 0 Å². The topological polar surface area (TPSA) is 55.2 Å². The van der Waals surface area contributed by atoms with Crippen molar-refractivity contribution in [2.24, 2.45) is 0 Å². The maximum Gasteiger partial charge on any atom is 0.288 e. The highest BCUT2D eigenvalue weighted by atomic mass is 79.9. The fourth-order valence-corrected chi connectivity index (χ4v) is 2.91. The number of anilines is 1. The molecule has 4 nitrogen and oxygen atoms in total. The molecule has 0 atom stereocenters. The number of hydrogen-bond acceptors (Lipinski definition) is 3. The summed E-state index contributed by atoms with van der Waals surface area (Å²) in [6.07, 6.45) is 0. The number of nitrogens with zero attached hydrogens (tertiary/aromatic N) is 1. The molecule has 7 heteroatoms. The predicted molar refractivity (Wildman–Crippen MR) is 89.3 cm³/mol. The van der Waals surface area contributed by atoms with Crippen LogP contribution in [0.15, 0.2) is 34.8 Å². The third-order valence-corrected chi connectivity index (χ3v) is 4.25. The van der Waals surface area contributed by atoms with E-state index < -0.39 is 4.92 Å². The van der Waals surface area contributed by atoms with Crippen molar-refractivity contribution in [1.29, 1.82) is 0 Å². The minimum Gasteiger partial charge on any atom is -0.381 e. The minimum atomic E-state index is -0.491. The smallest absolute Gasteiger partial charge is 0.288 e. The van der Waals surface area contributed by atoms with Gasteiger partial charge in [-0.25, -0.2) is 0 Å². The average molecular weight is 390 g/mol. The summed E-state index contributed by atoms with van der Waals surface area (Å²) in [5, 5.41) is 14.8. The molecule has 0 amide bonds. The van der Waals surface area contributed by atoms with Crippen molar-refractivity contribution < 1.29 is 4.92 Å². The van der Waals surface area contributed by atoms with Gasteiger partial charge in [0.15, 0.2) is 0 Å². The van der Waals surface area contributed by atoms with Gasteiger partial charge in [0, 0.05) is 27.8 Å². The molecule has 0 aliphatic heterocycles. The predicted octanol–water partition coefficient (Wildman–Crippen LogP) is 5.58. The van der Waals surface area contributed by atoms with Crippen LogP contribution in [0, 0.1) is 17.0 Å². The standard InChI is InChI=1S/C14H11BrCl2N2O2/c1-8-4-14(19(20)21)12(17)6-13(8)18-7-9-2-3-10(16)5-11(9)15/h2-6,18H,7H2,1H3. The summed E-state index contributed by atoms with van der Waals surface area (Å²) in [6.45, 7) is 2.34. The van der Waals surface area contributed by atoms with E-state index in [-0.39, 0.29) is 10.7 Å². The second-order valence-electron chi connectivity index (χ2n) is 4.46. The summed E-state index contributed by atoms with van der Waals surface area (Å²) in [5.74, 6) is 0. The zero-order valence-electron chi connectivity index (χ0n) is 11.0. The lowest BCUT2D eigenvalue weighted by Gasteiger charge is -2.11. The number of nitro groups is 1. The van der Waals surface area contributed by atoms with Gasteiger partial charge in [-0.3, -0.25) is 10.1 Å². The minimum absolute atomic E-state index is 0.0904. The monoisotopic (exact) mass is 388 g/mol. The summed E-state index contributed by atoms with van der Waals surface area (Å²) < 4.78 is 0.896. The molecule has 2 aromatic rings. The molecule has 0 saturated carbocycles. The second-order valence-corrected chi connectivity index (χ2v) is 6.16. The molecule has 2 aromatic carbocycles. The molecule has 0 heterocycles. The lowest BCUT2D eigenvalue weighted by atomic mass is 10.1. The highest BCUT2D eigenvalue weighted by molar-refractivity contribution is 9.10. The van der Waals surface area contributed by atoms with Crippen molar-refractivity contribution in [2.45, 2.75) is 13.5 Å². The van der Waals surface area contributed by atoms with Crippen LogP contribution in [0.4, 0.5) is 11.4 Å². The lowest BCUT2D eigenvalue weighted by Crippen LogP contribution is -2.02. The van der Waals surface area contributed by atoms with Gasteiger partial charge in [-0.1, -0.05) is 45.2 Å². The first-order valence-electron chi connectivity index (χ1n) is 6.01. The molecule has 21 heavy (non-hydrogen) atoms. The Balaban J connectivity index is 2.20. The Morgan fingerprint density at radius 2 is 2.00 bits per heavy atom. The maximum absolute atomic E-state index is 10.8. The van der Waals surface area contributed by atoms with Crippen molar-refractivity contribution in [1.82, 2.24) is 0 Å². The van der Waals surface area contributed by atoms with E-state index in [0.717, 1.165) is 21.3 Å². The molecule has 0 spiro atoms. The molecule has 0 aromatic heterocycles. The van der Waals surface area contributed by atoms with Gasteiger partial charge in [0.2, 0.25) is 0 Å². The Morgan fingerprint density at radius 1 is 1.29 bits per heavy atom. The van der Waals surface area contributed by atoms with E-state index in [2.05, 4.69) is 21.2 Å². The summed E-state index contributed by atoms with van der Waals surface area (Å²) in [4.78, 5) is 10.3. The fraction of sp³-hybridized carbons (Fsp3) is 0.143. The van der Waals surface area contributed by atoms with Crippen molar-refractivity contribution in [2.75, 3.05) is 5.32 Å². The Bertz CT molecular complexity index is 708. The molecule has 0 aliphatic rings. The number of hydrogen-bond donors (Lipinski definition) is 1. The number of aryl methyl sites for hydroxylation is 1. The van der Waals surface area contributed by atoms with Gasteiger partial charge < -0.3 is 5.32 Å². The molecule has 0 bridgehead atoms. The largest absolute Gasteiger partial charge is 0.381 e. The number of halogens is 3. The first-order chi connectivity index (χ1) is 9.88. The van der Waals surface area contributed by atoms with E-state index in [0.29, 0.717) is 11.6 Å². The van der Waals surface area contributed by atoms with Crippen LogP contribution in [0.2, 0.25) is 10.0 Å². The summed E-state index contributed by atoms with van der Waals surface area (Å²) >= 11 is 15.3. The van der Waals surface area contributed by atoms with E-state index in [1.807, 2.05) is 12.1 Å². The van der Waals surface area contributed by atoms with Crippen LogP contribution in [-0.4, -0.2) is 4.92 Å². The highest BCUT2D eigenvalue weighted by Gasteiger charge is 2.15. The number of benzene rings is 2. The molecular formula is C14H11BrCl2N2O2. The van der Waals surface area contributed by atoms with E-state index in [1.54, 1.807) is 19.1 Å². The zero-order chi connectivity index (χ0) is 15.6. The van der Waals surface area contributed by atoms with E-state index in [4.69, 9.17) is 23.2 Å². The summed E-state index contributed by atoms with van der Waals surface area (Å²) in [5.41, 5.74) is 2.45. The van der Waals surface area contributed by atoms with Gasteiger partial charge in [-0.15, -0.1) is 0 Å². The van der Waals surface area contributed by atoms with E-state index in [9.17, 15) is 10.1 Å². The molecule has 0 aliphatic carbocycles. The maximum atomic E-state index is 10.8. The molecule has 110 valence electrons. The molecule has 2 rings (SSSR count). The zero-order valence-corrected chi connectivity index (χ0v) is 14.1. The van der Waals surface area contributed by atoms with Gasteiger partial charge in [0.25, 0.3) is 5.69 Å². The van der Waals surface area contributed by atoms with Gasteiger partial charge in [0.05, 0.1) is 4.92 Å². The third-order valence-electron chi connectivity index (χ3n) is 2.97. The van der Waals surface area contributed by atoms with Crippen molar-refractivity contribution in [3.8, 4) is 0 Å². The van der Waals surface area contributed by atoms with Gasteiger partial charge in [-0.2, -0.15) is 0 Å². The SMILES string of the molecule is Cc1cc([N+](=O)[O-])c(Cl)cc1NCc1ccc(Cl)cc1Br. The van der Waals surface area contributed by atoms with Crippen LogP contribution in [0.5, 0.6) is 0 Å². The Labute approximate surface area is 140 Å². The molecular weight excluding hydrogens is 379 g/mol. The lowest BCUT2D eigenvalue weighted by molar-refractivity contribution is -0.384. The summed E-state index contributed by atoms with van der Waals surface area (Å²) in [7, 11) is 0.